The minimum absolute atomic E-state index is 0.0510. The first kappa shape index (κ1) is 20.4. The van der Waals surface area contributed by atoms with Crippen LogP contribution >= 0.6 is 11.6 Å². The van der Waals surface area contributed by atoms with Crippen LogP contribution in [0.1, 0.15) is 36.2 Å². The van der Waals surface area contributed by atoms with Crippen LogP contribution in [0.15, 0.2) is 60.8 Å². The van der Waals surface area contributed by atoms with Crippen LogP contribution in [0.3, 0.4) is 0 Å². The fourth-order valence-electron chi connectivity index (χ4n) is 4.15. The van der Waals surface area contributed by atoms with E-state index in [1.165, 1.54) is 6.07 Å². The molecule has 0 amide bonds. The molecule has 0 bridgehead atoms. The van der Waals surface area contributed by atoms with Gasteiger partial charge in [0.2, 0.25) is 0 Å². The fourth-order valence-corrected chi connectivity index (χ4v) is 4.38. The van der Waals surface area contributed by atoms with E-state index in [9.17, 15) is 10.1 Å². The Morgan fingerprint density at radius 1 is 1.17 bits per heavy atom. The summed E-state index contributed by atoms with van der Waals surface area (Å²) in [5.41, 5.74) is 3.03. The van der Waals surface area contributed by atoms with Gasteiger partial charge in [-0.3, -0.25) is 15.0 Å². The highest BCUT2D eigenvalue weighted by Gasteiger charge is 2.30. The third-order valence-electron chi connectivity index (χ3n) is 5.43. The van der Waals surface area contributed by atoms with Crippen molar-refractivity contribution >= 4 is 17.3 Å². The van der Waals surface area contributed by atoms with Crippen molar-refractivity contribution < 1.29 is 9.66 Å². The van der Waals surface area contributed by atoms with E-state index in [1.807, 2.05) is 25.1 Å². The molecule has 1 aromatic heterocycles. The van der Waals surface area contributed by atoms with Gasteiger partial charge in [0.1, 0.15) is 5.75 Å². The molecule has 0 fully saturated rings. The zero-order chi connectivity index (χ0) is 21.1. The molecule has 6 nitrogen and oxygen atoms in total. The van der Waals surface area contributed by atoms with Gasteiger partial charge in [-0.05, 0) is 49.2 Å². The van der Waals surface area contributed by atoms with Crippen molar-refractivity contribution in [3.05, 3.63) is 92.8 Å². The number of fused-ring (bicyclic) bond motifs is 1. The van der Waals surface area contributed by atoms with E-state index in [0.717, 1.165) is 42.1 Å². The van der Waals surface area contributed by atoms with Crippen LogP contribution in [0, 0.1) is 10.1 Å². The molecule has 156 valence electrons. The third-order valence-corrected chi connectivity index (χ3v) is 5.78. The Morgan fingerprint density at radius 3 is 2.83 bits per heavy atom. The van der Waals surface area contributed by atoms with E-state index in [4.69, 9.17) is 16.3 Å². The SMILES string of the molecule is CCOc1cccc(CN2CCCn3cccc3[C@@H]2c2cc([N+](=O)[O-])ccc2Cl)c1. The number of nitro groups is 1. The van der Waals surface area contributed by atoms with Gasteiger partial charge in [0.05, 0.1) is 17.6 Å². The molecule has 1 aliphatic heterocycles. The van der Waals surface area contributed by atoms with Gasteiger partial charge in [-0.1, -0.05) is 23.7 Å². The number of halogens is 1. The van der Waals surface area contributed by atoms with E-state index >= 15 is 0 Å². The molecule has 0 N–H and O–H groups in total. The predicted octanol–water partition coefficient (Wildman–Crippen LogP) is 5.44. The summed E-state index contributed by atoms with van der Waals surface area (Å²) in [5, 5.41) is 11.9. The van der Waals surface area contributed by atoms with Crippen LogP contribution in [0.2, 0.25) is 5.02 Å². The van der Waals surface area contributed by atoms with Crippen molar-refractivity contribution in [3.63, 3.8) is 0 Å². The van der Waals surface area contributed by atoms with Crippen LogP contribution in [0.4, 0.5) is 5.69 Å². The van der Waals surface area contributed by atoms with Crippen molar-refractivity contribution in [3.8, 4) is 5.75 Å². The van der Waals surface area contributed by atoms with Gasteiger partial charge in [0.25, 0.3) is 5.69 Å². The molecule has 0 unspecified atom stereocenters. The van der Waals surface area contributed by atoms with Gasteiger partial charge >= 0.3 is 0 Å². The lowest BCUT2D eigenvalue weighted by molar-refractivity contribution is -0.384. The molecule has 30 heavy (non-hydrogen) atoms. The summed E-state index contributed by atoms with van der Waals surface area (Å²) in [6, 6.07) is 16.7. The number of aryl methyl sites for hydroxylation is 1. The lowest BCUT2D eigenvalue weighted by Crippen LogP contribution is -2.29. The molecule has 0 saturated heterocycles. The van der Waals surface area contributed by atoms with Gasteiger partial charge in [0, 0.05) is 54.2 Å². The van der Waals surface area contributed by atoms with Crippen LogP contribution in [-0.2, 0) is 13.1 Å². The molecule has 0 saturated carbocycles. The number of ether oxygens (including phenoxy) is 1. The highest BCUT2D eigenvalue weighted by Crippen LogP contribution is 2.38. The topological polar surface area (TPSA) is 60.5 Å². The summed E-state index contributed by atoms with van der Waals surface area (Å²) in [6.45, 7) is 5.03. The Morgan fingerprint density at radius 2 is 2.03 bits per heavy atom. The lowest BCUT2D eigenvalue weighted by Gasteiger charge is -2.31. The van der Waals surface area contributed by atoms with Crippen LogP contribution < -0.4 is 4.74 Å². The van der Waals surface area contributed by atoms with Gasteiger partial charge in [-0.15, -0.1) is 0 Å². The number of hydrogen-bond acceptors (Lipinski definition) is 4. The van der Waals surface area contributed by atoms with Gasteiger partial charge in [-0.25, -0.2) is 0 Å². The zero-order valence-electron chi connectivity index (χ0n) is 16.8. The van der Waals surface area contributed by atoms with Crippen molar-refractivity contribution in [1.82, 2.24) is 9.47 Å². The number of aromatic nitrogens is 1. The van der Waals surface area contributed by atoms with E-state index in [-0.39, 0.29) is 16.7 Å². The van der Waals surface area contributed by atoms with E-state index < -0.39 is 0 Å². The van der Waals surface area contributed by atoms with Crippen LogP contribution in [0.5, 0.6) is 5.75 Å². The van der Waals surface area contributed by atoms with Gasteiger partial charge < -0.3 is 9.30 Å². The van der Waals surface area contributed by atoms with Crippen molar-refractivity contribution in [2.75, 3.05) is 13.2 Å². The summed E-state index contributed by atoms with van der Waals surface area (Å²) in [6.07, 6.45) is 3.04. The quantitative estimate of drug-likeness (QED) is 0.389. The normalized spacial score (nSPS) is 16.7. The molecule has 3 aromatic rings. The Kier molecular flexibility index (Phi) is 6.06. The first-order valence-electron chi connectivity index (χ1n) is 10.1. The summed E-state index contributed by atoms with van der Waals surface area (Å²) in [4.78, 5) is 13.4. The molecule has 1 atom stereocenters. The van der Waals surface area contributed by atoms with E-state index in [2.05, 4.69) is 33.9 Å². The number of benzene rings is 2. The van der Waals surface area contributed by atoms with E-state index in [0.29, 0.717) is 18.2 Å². The summed E-state index contributed by atoms with van der Waals surface area (Å²) in [7, 11) is 0. The highest BCUT2D eigenvalue weighted by atomic mass is 35.5. The molecule has 4 rings (SSSR count). The van der Waals surface area contributed by atoms with Crippen molar-refractivity contribution in [2.45, 2.75) is 32.5 Å². The first-order valence-corrected chi connectivity index (χ1v) is 10.5. The summed E-state index contributed by atoms with van der Waals surface area (Å²) >= 11 is 6.58. The summed E-state index contributed by atoms with van der Waals surface area (Å²) in [5.74, 6) is 0.845. The summed E-state index contributed by atoms with van der Waals surface area (Å²) < 4.78 is 7.88. The molecule has 2 aromatic carbocycles. The number of rotatable bonds is 6. The number of hydrogen-bond donors (Lipinski definition) is 0. The molecule has 0 aliphatic carbocycles. The van der Waals surface area contributed by atoms with Crippen molar-refractivity contribution in [1.29, 1.82) is 0 Å². The monoisotopic (exact) mass is 425 g/mol. The molecule has 0 spiro atoms. The lowest BCUT2D eigenvalue weighted by atomic mass is 10.00. The maximum atomic E-state index is 11.4. The average molecular weight is 426 g/mol. The maximum Gasteiger partial charge on any atom is 0.269 e. The fraction of sp³-hybridized carbons (Fsp3) is 0.304. The minimum atomic E-state index is -0.370. The molecular formula is C23H24ClN3O3. The predicted molar refractivity (Wildman–Crippen MR) is 117 cm³/mol. The Hall–Kier alpha value is -2.83. The molecule has 2 heterocycles. The highest BCUT2D eigenvalue weighted by molar-refractivity contribution is 6.31. The number of nitro benzene ring substituents is 1. The number of nitrogens with zero attached hydrogens (tertiary/aromatic N) is 3. The second kappa shape index (κ2) is 8.90. The minimum Gasteiger partial charge on any atom is -0.494 e. The standard InChI is InChI=1S/C23H24ClN3O3/c1-2-30-19-7-3-6-17(14-19)16-26-13-5-12-25-11-4-8-22(25)23(26)20-15-18(27(28)29)9-10-21(20)24/h3-4,6-11,14-15,23H,2,5,12-13,16H2,1H3/t23-/m0/s1. The second-order valence-electron chi connectivity index (χ2n) is 7.40. The van der Waals surface area contributed by atoms with Crippen LogP contribution in [-0.4, -0.2) is 27.5 Å². The third kappa shape index (κ3) is 4.20. The Labute approximate surface area is 180 Å². The average Bonchev–Trinajstić information content (AvgIpc) is 3.11. The zero-order valence-corrected chi connectivity index (χ0v) is 17.6. The Balaban J connectivity index is 1.76. The largest absolute Gasteiger partial charge is 0.494 e. The molecule has 1 aliphatic rings. The Bertz CT molecular complexity index is 1050. The van der Waals surface area contributed by atoms with Gasteiger partial charge in [-0.2, -0.15) is 0 Å². The number of non-ortho nitro benzene ring substituents is 1. The van der Waals surface area contributed by atoms with Gasteiger partial charge in [0.15, 0.2) is 0 Å². The van der Waals surface area contributed by atoms with E-state index in [1.54, 1.807) is 12.1 Å². The molecular weight excluding hydrogens is 402 g/mol. The first-order chi connectivity index (χ1) is 14.6. The maximum absolute atomic E-state index is 11.4. The van der Waals surface area contributed by atoms with Crippen molar-refractivity contribution in [2.24, 2.45) is 0 Å². The molecule has 7 heteroatoms. The second-order valence-corrected chi connectivity index (χ2v) is 7.80. The smallest absolute Gasteiger partial charge is 0.269 e. The molecule has 0 radical (unpaired) electrons. The van der Waals surface area contributed by atoms with Crippen LogP contribution in [0.25, 0.3) is 0 Å².